The molecule has 1 atom stereocenters. The van der Waals surface area contributed by atoms with Gasteiger partial charge in [-0.15, -0.1) is 16.4 Å². The number of thiophene rings is 1. The molecule has 0 aromatic carbocycles. The molecular weight excluding hydrogens is 280 g/mol. The van der Waals surface area contributed by atoms with Crippen molar-refractivity contribution in [3.05, 3.63) is 17.0 Å². The first-order valence-electron chi connectivity index (χ1n) is 6.05. The molecule has 0 saturated carbocycles. The minimum Gasteiger partial charge on any atom is -0.495 e. The fraction of sp³-hybridized carbons (Fsp3) is 0.333. The predicted molar refractivity (Wildman–Crippen MR) is 71.3 cm³/mol. The number of carbonyl (C=O) groups is 2. The molecule has 0 spiro atoms. The normalized spacial score (nSPS) is 18.9. The van der Waals surface area contributed by atoms with Crippen LogP contribution in [-0.4, -0.2) is 33.9 Å². The van der Waals surface area contributed by atoms with Crippen molar-refractivity contribution in [2.45, 2.75) is 18.9 Å². The van der Waals surface area contributed by atoms with Gasteiger partial charge in [0.25, 0.3) is 5.91 Å². The predicted octanol–water partition coefficient (Wildman–Crippen LogP) is 0.993. The number of hydrogen-bond donors (Lipinski definition) is 1. The molecule has 3 heterocycles. The Morgan fingerprint density at radius 3 is 3.05 bits per heavy atom. The molecule has 1 aliphatic rings. The molecule has 0 bridgehead atoms. The summed E-state index contributed by atoms with van der Waals surface area (Å²) in [6.07, 6.45) is 2.45. The quantitative estimate of drug-likeness (QED) is 0.853. The minimum absolute atomic E-state index is 0.244. The van der Waals surface area contributed by atoms with E-state index in [9.17, 15) is 9.59 Å². The number of amides is 2. The lowest BCUT2D eigenvalue weighted by Gasteiger charge is -2.20. The Balaban J connectivity index is 1.87. The van der Waals surface area contributed by atoms with Crippen LogP contribution in [-0.2, 0) is 9.59 Å². The van der Waals surface area contributed by atoms with Gasteiger partial charge in [0.2, 0.25) is 5.91 Å². The highest BCUT2D eigenvalue weighted by atomic mass is 32.1. The molecular formula is C12H12N4O3S. The number of methoxy groups -OCH3 is 1. The first kappa shape index (κ1) is 12.8. The van der Waals surface area contributed by atoms with Crippen LogP contribution in [0.1, 0.15) is 18.9 Å². The Labute approximate surface area is 118 Å². The van der Waals surface area contributed by atoms with Gasteiger partial charge in [-0.1, -0.05) is 5.21 Å². The van der Waals surface area contributed by atoms with Crippen LogP contribution in [0.5, 0.6) is 5.75 Å². The van der Waals surface area contributed by atoms with Gasteiger partial charge in [0, 0.05) is 17.2 Å². The summed E-state index contributed by atoms with van der Waals surface area (Å²) >= 11 is 1.51. The molecule has 1 N–H and O–H groups in total. The number of carbonyl (C=O) groups excluding carboxylic acids is 2. The molecule has 0 radical (unpaired) electrons. The van der Waals surface area contributed by atoms with E-state index in [-0.39, 0.29) is 11.8 Å². The molecule has 2 aromatic heterocycles. The van der Waals surface area contributed by atoms with Crippen LogP contribution in [0.15, 0.2) is 17.0 Å². The summed E-state index contributed by atoms with van der Waals surface area (Å²) < 4.78 is 6.73. The fourth-order valence-corrected chi connectivity index (χ4v) is 2.90. The molecule has 2 aromatic rings. The van der Waals surface area contributed by atoms with Gasteiger partial charge < -0.3 is 4.74 Å². The van der Waals surface area contributed by atoms with Gasteiger partial charge in [-0.05, 0) is 6.42 Å². The van der Waals surface area contributed by atoms with Crippen molar-refractivity contribution < 1.29 is 14.3 Å². The van der Waals surface area contributed by atoms with Crippen molar-refractivity contribution in [3.8, 4) is 17.0 Å². The molecule has 20 heavy (non-hydrogen) atoms. The summed E-state index contributed by atoms with van der Waals surface area (Å²) in [5.74, 6) is 0.145. The SMILES string of the molecule is COc1cscc1-c1cn(C2CCC(=O)NC2=O)nn1. The highest BCUT2D eigenvalue weighted by Gasteiger charge is 2.29. The molecule has 3 rings (SSSR count). The van der Waals surface area contributed by atoms with E-state index in [1.807, 2.05) is 10.8 Å². The fourth-order valence-electron chi connectivity index (χ4n) is 2.12. The number of rotatable bonds is 3. The van der Waals surface area contributed by atoms with Crippen LogP contribution in [0.25, 0.3) is 11.3 Å². The summed E-state index contributed by atoms with van der Waals surface area (Å²) in [5, 5.41) is 14.2. The van der Waals surface area contributed by atoms with E-state index in [1.165, 1.54) is 16.0 Å². The number of aromatic nitrogens is 3. The van der Waals surface area contributed by atoms with Crippen LogP contribution in [0.3, 0.4) is 0 Å². The van der Waals surface area contributed by atoms with E-state index in [0.29, 0.717) is 18.5 Å². The second-order valence-electron chi connectivity index (χ2n) is 4.40. The summed E-state index contributed by atoms with van der Waals surface area (Å²) in [7, 11) is 1.59. The molecule has 1 fully saturated rings. The molecule has 0 aliphatic carbocycles. The first-order chi connectivity index (χ1) is 9.69. The molecule has 1 unspecified atom stereocenters. The van der Waals surface area contributed by atoms with E-state index < -0.39 is 6.04 Å². The van der Waals surface area contributed by atoms with Crippen molar-refractivity contribution >= 4 is 23.2 Å². The van der Waals surface area contributed by atoms with E-state index >= 15 is 0 Å². The average molecular weight is 292 g/mol. The van der Waals surface area contributed by atoms with Gasteiger partial charge in [-0.25, -0.2) is 4.68 Å². The van der Waals surface area contributed by atoms with Crippen molar-refractivity contribution in [2.75, 3.05) is 7.11 Å². The second-order valence-corrected chi connectivity index (χ2v) is 5.15. The smallest absolute Gasteiger partial charge is 0.251 e. The van der Waals surface area contributed by atoms with E-state index in [4.69, 9.17) is 4.74 Å². The summed E-state index contributed by atoms with van der Waals surface area (Å²) in [4.78, 5) is 22.9. The maximum Gasteiger partial charge on any atom is 0.251 e. The Morgan fingerprint density at radius 2 is 2.30 bits per heavy atom. The maximum absolute atomic E-state index is 11.8. The molecule has 104 valence electrons. The van der Waals surface area contributed by atoms with Gasteiger partial charge in [-0.3, -0.25) is 14.9 Å². The molecule has 8 heteroatoms. The lowest BCUT2D eigenvalue weighted by atomic mass is 10.1. The lowest BCUT2D eigenvalue weighted by Crippen LogP contribution is -2.41. The van der Waals surface area contributed by atoms with Gasteiger partial charge in [-0.2, -0.15) is 0 Å². The third-order valence-corrected chi connectivity index (χ3v) is 3.88. The van der Waals surface area contributed by atoms with Crippen molar-refractivity contribution in [1.29, 1.82) is 0 Å². The van der Waals surface area contributed by atoms with Gasteiger partial charge in [0.1, 0.15) is 17.5 Å². The average Bonchev–Trinajstić information content (AvgIpc) is 3.06. The maximum atomic E-state index is 11.8. The van der Waals surface area contributed by atoms with Crippen LogP contribution < -0.4 is 10.1 Å². The summed E-state index contributed by atoms with van der Waals surface area (Å²) in [5.41, 5.74) is 1.49. The van der Waals surface area contributed by atoms with Crippen LogP contribution in [0.2, 0.25) is 0 Å². The topological polar surface area (TPSA) is 86.1 Å². The zero-order valence-corrected chi connectivity index (χ0v) is 11.5. The van der Waals surface area contributed by atoms with Crippen molar-refractivity contribution in [2.24, 2.45) is 0 Å². The zero-order chi connectivity index (χ0) is 14.1. The number of imide groups is 1. The van der Waals surface area contributed by atoms with Crippen molar-refractivity contribution in [1.82, 2.24) is 20.3 Å². The monoisotopic (exact) mass is 292 g/mol. The number of ether oxygens (including phenoxy) is 1. The van der Waals surface area contributed by atoms with Crippen LogP contribution >= 0.6 is 11.3 Å². The lowest BCUT2D eigenvalue weighted by molar-refractivity contribution is -0.136. The number of hydrogen-bond acceptors (Lipinski definition) is 6. The van der Waals surface area contributed by atoms with Gasteiger partial charge in [0.05, 0.1) is 18.9 Å². The summed E-state index contributed by atoms with van der Waals surface area (Å²) in [6, 6.07) is -0.487. The highest BCUT2D eigenvalue weighted by molar-refractivity contribution is 7.08. The van der Waals surface area contributed by atoms with Gasteiger partial charge in [0.15, 0.2) is 0 Å². The third-order valence-electron chi connectivity index (χ3n) is 3.16. The molecule has 7 nitrogen and oxygen atoms in total. The first-order valence-corrected chi connectivity index (χ1v) is 6.99. The van der Waals surface area contributed by atoms with Crippen molar-refractivity contribution in [3.63, 3.8) is 0 Å². The zero-order valence-electron chi connectivity index (χ0n) is 10.7. The summed E-state index contributed by atoms with van der Waals surface area (Å²) in [6.45, 7) is 0. The standard InChI is InChI=1S/C12H12N4O3S/c1-19-10-6-20-5-7(10)8-4-16(15-14-8)9-2-3-11(17)13-12(9)18/h4-6,9H,2-3H2,1H3,(H,13,17,18). The number of nitrogens with zero attached hydrogens (tertiary/aromatic N) is 3. The Kier molecular flexibility index (Phi) is 3.23. The van der Waals surface area contributed by atoms with E-state index in [0.717, 1.165) is 11.3 Å². The third kappa shape index (κ3) is 2.18. The van der Waals surface area contributed by atoms with Crippen LogP contribution in [0, 0.1) is 0 Å². The Bertz CT molecular complexity index is 663. The molecule has 1 aliphatic heterocycles. The van der Waals surface area contributed by atoms with Gasteiger partial charge >= 0.3 is 0 Å². The highest BCUT2D eigenvalue weighted by Crippen LogP contribution is 2.32. The minimum atomic E-state index is -0.487. The van der Waals surface area contributed by atoms with E-state index in [2.05, 4.69) is 15.6 Å². The Hall–Kier alpha value is -2.22. The molecule has 1 saturated heterocycles. The van der Waals surface area contributed by atoms with E-state index in [1.54, 1.807) is 13.3 Å². The second kappa shape index (κ2) is 5.04. The largest absolute Gasteiger partial charge is 0.495 e. The number of piperidine rings is 1. The number of nitrogens with one attached hydrogen (secondary N) is 1. The molecule has 2 amide bonds. The van der Waals surface area contributed by atoms with Crippen LogP contribution in [0.4, 0.5) is 0 Å². The Morgan fingerprint density at radius 1 is 1.45 bits per heavy atom.